The first-order valence-corrected chi connectivity index (χ1v) is 11.5. The molecule has 1 saturated heterocycles. The van der Waals surface area contributed by atoms with Crippen LogP contribution in [0, 0.1) is 12.7 Å². The number of hydrogen-bond acceptors (Lipinski definition) is 2. The molecule has 3 heterocycles. The molecule has 1 aliphatic heterocycles. The Bertz CT molecular complexity index is 1310. The van der Waals surface area contributed by atoms with Crippen molar-refractivity contribution in [3.05, 3.63) is 101 Å². The molecule has 0 spiro atoms. The molecule has 5 rings (SSSR count). The number of fused-ring (bicyclic) bond motifs is 1. The van der Waals surface area contributed by atoms with Gasteiger partial charge in [-0.15, -0.1) is 0 Å². The van der Waals surface area contributed by atoms with Gasteiger partial charge in [-0.3, -0.25) is 4.79 Å². The third-order valence-corrected chi connectivity index (χ3v) is 6.61. The lowest BCUT2D eigenvalue weighted by Gasteiger charge is -2.32. The van der Waals surface area contributed by atoms with Crippen LogP contribution in [0.1, 0.15) is 34.0 Å². The second-order valence-corrected chi connectivity index (χ2v) is 8.83. The van der Waals surface area contributed by atoms with E-state index in [0.717, 1.165) is 34.4 Å². The molecule has 33 heavy (non-hydrogen) atoms. The highest BCUT2D eigenvalue weighted by molar-refractivity contribution is 6.05. The Morgan fingerprint density at radius 1 is 1.06 bits per heavy atom. The number of nitrogens with one attached hydrogen (secondary N) is 1. The Hall–Kier alpha value is -3.44. The fourth-order valence-corrected chi connectivity index (χ4v) is 4.89. The van der Waals surface area contributed by atoms with E-state index >= 15 is 0 Å². The number of aromatic nitrogens is 1. The predicted octanol–water partition coefficient (Wildman–Crippen LogP) is 5.08. The first-order chi connectivity index (χ1) is 16.0. The Kier molecular flexibility index (Phi) is 5.73. The Morgan fingerprint density at radius 2 is 1.85 bits per heavy atom. The lowest BCUT2D eigenvalue weighted by atomic mass is 9.94. The fraction of sp³-hybridized carbons (Fsp3) is 0.250. The highest BCUT2D eigenvalue weighted by Crippen LogP contribution is 2.35. The van der Waals surface area contributed by atoms with Crippen LogP contribution >= 0.6 is 0 Å². The average Bonchev–Trinajstić information content (AvgIpc) is 3.15. The molecule has 2 aromatic heterocycles. The van der Waals surface area contributed by atoms with Crippen molar-refractivity contribution in [1.29, 1.82) is 0 Å². The molecule has 0 saturated carbocycles. The summed E-state index contributed by atoms with van der Waals surface area (Å²) in [6, 6.07) is 21.5. The van der Waals surface area contributed by atoms with Crippen LogP contribution in [-0.2, 0) is 6.42 Å². The first kappa shape index (κ1) is 21.4. The van der Waals surface area contributed by atoms with E-state index < -0.39 is 0 Å². The van der Waals surface area contributed by atoms with Gasteiger partial charge in [0, 0.05) is 38.3 Å². The number of halogens is 1. The van der Waals surface area contributed by atoms with E-state index in [1.54, 1.807) is 6.07 Å². The molecular formula is C28H28FN3O. The SMILES string of the molecule is Cc1c(F)cccc1Cc1c(C(=O)N2CCNC(C)C2)c2ccccn2c1-c1ccccc1. The molecule has 2 aromatic carbocycles. The molecule has 1 unspecified atom stereocenters. The van der Waals surface area contributed by atoms with Crippen LogP contribution < -0.4 is 5.32 Å². The van der Waals surface area contributed by atoms with Gasteiger partial charge in [0.2, 0.25) is 0 Å². The number of nitrogens with zero attached hydrogens (tertiary/aromatic N) is 2. The summed E-state index contributed by atoms with van der Waals surface area (Å²) >= 11 is 0. The van der Waals surface area contributed by atoms with Crippen molar-refractivity contribution in [2.24, 2.45) is 0 Å². The van der Waals surface area contributed by atoms with Crippen LogP contribution in [0.15, 0.2) is 72.9 Å². The third-order valence-electron chi connectivity index (χ3n) is 6.61. The van der Waals surface area contributed by atoms with Gasteiger partial charge in [0.1, 0.15) is 5.82 Å². The standard InChI is InChI=1S/C28H28FN3O/c1-19-18-31(16-14-30-19)28(33)26-23(17-22-11-8-12-24(29)20(22)2)27(21-9-4-3-5-10-21)32-15-7-6-13-25(26)32/h3-13,15,19,30H,14,16-18H2,1-2H3. The van der Waals surface area contributed by atoms with E-state index in [1.807, 2.05) is 60.5 Å². The lowest BCUT2D eigenvalue weighted by Crippen LogP contribution is -2.51. The monoisotopic (exact) mass is 441 g/mol. The third kappa shape index (κ3) is 3.93. The first-order valence-electron chi connectivity index (χ1n) is 11.5. The van der Waals surface area contributed by atoms with Crippen LogP contribution in [0.3, 0.4) is 0 Å². The Labute approximate surface area is 193 Å². The largest absolute Gasteiger partial charge is 0.336 e. The van der Waals surface area contributed by atoms with Gasteiger partial charge < -0.3 is 14.6 Å². The number of carbonyl (C=O) groups is 1. The number of pyridine rings is 1. The molecule has 4 nitrogen and oxygen atoms in total. The number of amides is 1. The molecule has 1 fully saturated rings. The molecule has 1 amide bonds. The minimum Gasteiger partial charge on any atom is -0.336 e. The van der Waals surface area contributed by atoms with Gasteiger partial charge in [-0.1, -0.05) is 48.5 Å². The van der Waals surface area contributed by atoms with Gasteiger partial charge in [0.05, 0.1) is 16.8 Å². The second kappa shape index (κ2) is 8.83. The summed E-state index contributed by atoms with van der Waals surface area (Å²) in [6.45, 7) is 6.03. The van der Waals surface area contributed by atoms with Gasteiger partial charge in [0.15, 0.2) is 0 Å². The number of rotatable bonds is 4. The zero-order chi connectivity index (χ0) is 22.9. The molecule has 1 aliphatic rings. The van der Waals surface area contributed by atoms with Crippen LogP contribution in [0.25, 0.3) is 16.8 Å². The van der Waals surface area contributed by atoms with Crippen molar-refractivity contribution < 1.29 is 9.18 Å². The molecule has 0 bridgehead atoms. The zero-order valence-corrected chi connectivity index (χ0v) is 19.0. The van der Waals surface area contributed by atoms with Crippen molar-refractivity contribution in [3.63, 3.8) is 0 Å². The minimum atomic E-state index is -0.221. The van der Waals surface area contributed by atoms with E-state index in [1.165, 1.54) is 6.07 Å². The second-order valence-electron chi connectivity index (χ2n) is 8.83. The maximum Gasteiger partial charge on any atom is 0.256 e. The normalized spacial score (nSPS) is 16.3. The number of carbonyl (C=O) groups excluding carboxylic acids is 1. The van der Waals surface area contributed by atoms with Crippen LogP contribution in [0.2, 0.25) is 0 Å². The quantitative estimate of drug-likeness (QED) is 0.480. The number of benzene rings is 2. The summed E-state index contributed by atoms with van der Waals surface area (Å²) in [5.41, 5.74) is 6.09. The molecule has 0 radical (unpaired) electrons. The van der Waals surface area contributed by atoms with E-state index in [0.29, 0.717) is 30.6 Å². The van der Waals surface area contributed by atoms with Crippen molar-refractivity contribution >= 4 is 11.4 Å². The van der Waals surface area contributed by atoms with Crippen molar-refractivity contribution in [2.45, 2.75) is 26.3 Å². The molecule has 4 aromatic rings. The van der Waals surface area contributed by atoms with E-state index in [9.17, 15) is 9.18 Å². The topological polar surface area (TPSA) is 36.8 Å². The minimum absolute atomic E-state index is 0.0401. The van der Waals surface area contributed by atoms with Gasteiger partial charge in [-0.2, -0.15) is 0 Å². The zero-order valence-electron chi connectivity index (χ0n) is 19.0. The van der Waals surface area contributed by atoms with E-state index in [2.05, 4.69) is 28.8 Å². The average molecular weight is 442 g/mol. The molecule has 168 valence electrons. The molecule has 5 heteroatoms. The van der Waals surface area contributed by atoms with Gasteiger partial charge in [0.25, 0.3) is 5.91 Å². The molecule has 1 atom stereocenters. The highest BCUT2D eigenvalue weighted by Gasteiger charge is 2.29. The molecule has 1 N–H and O–H groups in total. The van der Waals surface area contributed by atoms with Crippen LogP contribution in [0.4, 0.5) is 4.39 Å². The van der Waals surface area contributed by atoms with Gasteiger partial charge in [-0.25, -0.2) is 4.39 Å². The molecular weight excluding hydrogens is 413 g/mol. The summed E-state index contributed by atoms with van der Waals surface area (Å²) in [4.78, 5) is 15.9. The van der Waals surface area contributed by atoms with Gasteiger partial charge in [-0.05, 0) is 54.3 Å². The number of piperazine rings is 1. The summed E-state index contributed by atoms with van der Waals surface area (Å²) in [5, 5.41) is 3.41. The van der Waals surface area contributed by atoms with Gasteiger partial charge >= 0.3 is 0 Å². The maximum absolute atomic E-state index is 14.4. The Morgan fingerprint density at radius 3 is 2.64 bits per heavy atom. The maximum atomic E-state index is 14.4. The van der Waals surface area contributed by atoms with E-state index in [-0.39, 0.29) is 17.8 Å². The van der Waals surface area contributed by atoms with Crippen molar-refractivity contribution in [1.82, 2.24) is 14.6 Å². The van der Waals surface area contributed by atoms with Crippen LogP contribution in [-0.4, -0.2) is 40.9 Å². The summed E-state index contributed by atoms with van der Waals surface area (Å²) in [7, 11) is 0. The summed E-state index contributed by atoms with van der Waals surface area (Å²) in [6.07, 6.45) is 2.50. The smallest absolute Gasteiger partial charge is 0.256 e. The highest BCUT2D eigenvalue weighted by atomic mass is 19.1. The van der Waals surface area contributed by atoms with Crippen LogP contribution in [0.5, 0.6) is 0 Å². The number of hydrogen-bond donors (Lipinski definition) is 1. The van der Waals surface area contributed by atoms with Crippen molar-refractivity contribution in [3.8, 4) is 11.3 Å². The molecule has 0 aliphatic carbocycles. The van der Waals surface area contributed by atoms with E-state index in [4.69, 9.17) is 0 Å². The summed E-state index contributed by atoms with van der Waals surface area (Å²) < 4.78 is 16.5. The predicted molar refractivity (Wildman–Crippen MR) is 130 cm³/mol. The summed E-state index contributed by atoms with van der Waals surface area (Å²) in [5.74, 6) is -0.181. The van der Waals surface area contributed by atoms with Crippen molar-refractivity contribution in [2.75, 3.05) is 19.6 Å². The Balaban J connectivity index is 1.75. The fourth-order valence-electron chi connectivity index (χ4n) is 4.89. The lowest BCUT2D eigenvalue weighted by molar-refractivity contribution is 0.0710.